The number of amidine groups is 1. The molecule has 2 aromatic heterocycles. The summed E-state index contributed by atoms with van der Waals surface area (Å²) in [5.41, 5.74) is 9.70. The number of aryl methyl sites for hydroxylation is 1. The number of thioether (sulfide) groups is 1. The van der Waals surface area contributed by atoms with Gasteiger partial charge in [0.05, 0.1) is 14.8 Å². The summed E-state index contributed by atoms with van der Waals surface area (Å²) in [6, 6.07) is 7.88. The Morgan fingerprint density at radius 1 is 1.35 bits per heavy atom. The zero-order valence-corrected chi connectivity index (χ0v) is 15.7. The van der Waals surface area contributed by atoms with Gasteiger partial charge in [-0.1, -0.05) is 17.7 Å². The molecule has 0 unspecified atom stereocenters. The predicted octanol–water partition coefficient (Wildman–Crippen LogP) is 5.51. The number of hydrogen-bond acceptors (Lipinski definition) is 5. The lowest BCUT2D eigenvalue weighted by Crippen LogP contribution is -2.08. The van der Waals surface area contributed by atoms with E-state index in [0.717, 1.165) is 41.5 Å². The number of thiophene rings is 1. The number of aromatic nitrogens is 1. The maximum atomic E-state index is 7.62. The summed E-state index contributed by atoms with van der Waals surface area (Å²) in [5.74, 6) is 0.0988. The van der Waals surface area contributed by atoms with Crippen molar-refractivity contribution >= 4 is 51.9 Å². The molecule has 0 bridgehead atoms. The van der Waals surface area contributed by atoms with Gasteiger partial charge in [-0.25, -0.2) is 4.98 Å². The van der Waals surface area contributed by atoms with Crippen LogP contribution in [0.3, 0.4) is 0 Å². The molecule has 0 aliphatic carbocycles. The highest BCUT2D eigenvalue weighted by atomic mass is 35.5. The summed E-state index contributed by atoms with van der Waals surface area (Å²) in [7, 11) is 0. The van der Waals surface area contributed by atoms with Crippen molar-refractivity contribution in [3.8, 4) is 21.8 Å². The van der Waals surface area contributed by atoms with Crippen LogP contribution in [0.15, 0.2) is 33.9 Å². The number of nitrogens with one attached hydrogen (secondary N) is 1. The maximum Gasteiger partial charge on any atom is 0.133 e. The van der Waals surface area contributed by atoms with Crippen molar-refractivity contribution in [2.75, 3.05) is 6.26 Å². The van der Waals surface area contributed by atoms with Gasteiger partial charge >= 0.3 is 0 Å². The molecule has 23 heavy (non-hydrogen) atoms. The van der Waals surface area contributed by atoms with Gasteiger partial charge in [-0.2, -0.15) is 0 Å². The molecular formula is C16H14ClN3S3. The molecule has 0 radical (unpaired) electrons. The van der Waals surface area contributed by atoms with Crippen LogP contribution >= 0.6 is 46.0 Å². The molecule has 118 valence electrons. The van der Waals surface area contributed by atoms with Crippen LogP contribution < -0.4 is 5.73 Å². The SMILES string of the molecule is CSc1sc(C(=N)N)cc1-c1nc(-c2ccc(Cl)c(C)c2)cs1. The number of hydrogen-bond donors (Lipinski definition) is 2. The number of benzene rings is 1. The number of thiazole rings is 1. The van der Waals surface area contributed by atoms with Gasteiger partial charge in [-0.05, 0) is 36.9 Å². The number of halogens is 1. The highest BCUT2D eigenvalue weighted by Crippen LogP contribution is 2.40. The first-order valence-electron chi connectivity index (χ1n) is 6.74. The van der Waals surface area contributed by atoms with E-state index in [1.54, 1.807) is 23.1 Å². The average molecular weight is 380 g/mol. The van der Waals surface area contributed by atoms with Crippen molar-refractivity contribution < 1.29 is 0 Å². The van der Waals surface area contributed by atoms with Crippen molar-refractivity contribution in [3.05, 3.63) is 45.1 Å². The monoisotopic (exact) mass is 379 g/mol. The van der Waals surface area contributed by atoms with Crippen LogP contribution in [0.1, 0.15) is 10.4 Å². The maximum absolute atomic E-state index is 7.62. The van der Waals surface area contributed by atoms with Crippen LogP contribution in [0, 0.1) is 12.3 Å². The van der Waals surface area contributed by atoms with Gasteiger partial charge in [0.25, 0.3) is 0 Å². The summed E-state index contributed by atoms with van der Waals surface area (Å²) in [4.78, 5) is 5.54. The molecule has 2 heterocycles. The van der Waals surface area contributed by atoms with Gasteiger partial charge in [0.2, 0.25) is 0 Å². The van der Waals surface area contributed by atoms with E-state index in [9.17, 15) is 0 Å². The Kier molecular flexibility index (Phi) is 4.77. The third-order valence-electron chi connectivity index (χ3n) is 3.34. The molecule has 0 saturated heterocycles. The zero-order valence-electron chi connectivity index (χ0n) is 12.5. The van der Waals surface area contributed by atoms with Gasteiger partial charge in [-0.3, -0.25) is 5.41 Å². The highest BCUT2D eigenvalue weighted by molar-refractivity contribution is 8.00. The summed E-state index contributed by atoms with van der Waals surface area (Å²) in [6.45, 7) is 1.99. The number of nitrogens with zero attached hydrogens (tertiary/aromatic N) is 1. The Labute approximate surface area is 152 Å². The van der Waals surface area contributed by atoms with Gasteiger partial charge in [0.15, 0.2) is 0 Å². The average Bonchev–Trinajstić information content (AvgIpc) is 3.15. The van der Waals surface area contributed by atoms with Gasteiger partial charge in [0, 0.05) is 21.5 Å². The molecule has 3 nitrogen and oxygen atoms in total. The smallest absolute Gasteiger partial charge is 0.133 e. The molecular weight excluding hydrogens is 366 g/mol. The van der Waals surface area contributed by atoms with E-state index < -0.39 is 0 Å². The van der Waals surface area contributed by atoms with Crippen LogP contribution in [-0.2, 0) is 0 Å². The van der Waals surface area contributed by atoms with E-state index in [1.165, 1.54) is 11.3 Å². The van der Waals surface area contributed by atoms with Crippen LogP contribution in [-0.4, -0.2) is 17.1 Å². The minimum atomic E-state index is 0.0988. The molecule has 0 aliphatic heterocycles. The van der Waals surface area contributed by atoms with E-state index in [0.29, 0.717) is 0 Å². The molecule has 0 atom stereocenters. The molecule has 7 heteroatoms. The molecule has 1 aromatic carbocycles. The summed E-state index contributed by atoms with van der Waals surface area (Å²) < 4.78 is 1.13. The zero-order chi connectivity index (χ0) is 16.6. The Balaban J connectivity index is 2.01. The Hall–Kier alpha value is -1.34. The fourth-order valence-electron chi connectivity index (χ4n) is 2.14. The van der Waals surface area contributed by atoms with Crippen molar-refractivity contribution in [2.45, 2.75) is 11.1 Å². The van der Waals surface area contributed by atoms with Gasteiger partial charge < -0.3 is 5.73 Å². The lowest BCUT2D eigenvalue weighted by molar-refractivity contribution is 1.38. The van der Waals surface area contributed by atoms with Crippen molar-refractivity contribution in [1.29, 1.82) is 5.41 Å². The van der Waals surface area contributed by atoms with E-state index in [2.05, 4.69) is 0 Å². The van der Waals surface area contributed by atoms with Crippen LogP contribution in [0.5, 0.6) is 0 Å². The Morgan fingerprint density at radius 3 is 2.78 bits per heavy atom. The lowest BCUT2D eigenvalue weighted by atomic mass is 10.1. The molecule has 3 N–H and O–H groups in total. The molecule has 0 spiro atoms. The first-order valence-corrected chi connectivity index (χ1v) is 10.0. The molecule has 0 aliphatic rings. The molecule has 0 fully saturated rings. The predicted molar refractivity (Wildman–Crippen MR) is 103 cm³/mol. The van der Waals surface area contributed by atoms with Crippen molar-refractivity contribution in [3.63, 3.8) is 0 Å². The first-order chi connectivity index (χ1) is 11.0. The summed E-state index contributed by atoms with van der Waals surface area (Å²) in [6.07, 6.45) is 2.02. The number of nitrogen functional groups attached to an aromatic ring is 1. The first kappa shape index (κ1) is 16.5. The second kappa shape index (κ2) is 6.65. The quantitative estimate of drug-likeness (QED) is 0.357. The van der Waals surface area contributed by atoms with Gasteiger partial charge in [-0.15, -0.1) is 34.4 Å². The second-order valence-corrected chi connectivity index (χ2v) is 8.32. The Bertz CT molecular complexity index is 883. The molecule has 0 amide bonds. The minimum absolute atomic E-state index is 0.0988. The fourth-order valence-corrected chi connectivity index (χ4v) is 4.97. The lowest BCUT2D eigenvalue weighted by Gasteiger charge is -2.01. The molecule has 0 saturated carbocycles. The topological polar surface area (TPSA) is 62.8 Å². The van der Waals surface area contributed by atoms with Crippen LogP contribution in [0.4, 0.5) is 0 Å². The third-order valence-corrected chi connectivity index (χ3v) is 6.94. The van der Waals surface area contributed by atoms with Crippen molar-refractivity contribution in [2.24, 2.45) is 5.73 Å². The third kappa shape index (κ3) is 3.30. The van der Waals surface area contributed by atoms with Crippen LogP contribution in [0.25, 0.3) is 21.8 Å². The van der Waals surface area contributed by atoms with E-state index in [1.807, 2.05) is 42.8 Å². The summed E-state index contributed by atoms with van der Waals surface area (Å²) >= 11 is 10.9. The van der Waals surface area contributed by atoms with Gasteiger partial charge in [0.1, 0.15) is 10.8 Å². The molecule has 3 aromatic rings. The normalized spacial score (nSPS) is 10.9. The standard InChI is InChI=1S/C16H14ClN3S3/c1-8-5-9(3-4-11(8)17)12-7-22-15(20-12)10-6-13(14(18)19)23-16(10)21-2/h3-7H,1-2H3,(H3,18,19). The Morgan fingerprint density at radius 2 is 2.13 bits per heavy atom. The largest absolute Gasteiger partial charge is 0.383 e. The fraction of sp³-hybridized carbons (Fsp3) is 0.125. The van der Waals surface area contributed by atoms with Crippen molar-refractivity contribution in [1.82, 2.24) is 4.98 Å². The number of nitrogens with two attached hydrogens (primary N) is 1. The van der Waals surface area contributed by atoms with E-state index >= 15 is 0 Å². The summed E-state index contributed by atoms with van der Waals surface area (Å²) in [5, 5.41) is 11.4. The molecule has 3 rings (SSSR count). The highest BCUT2D eigenvalue weighted by Gasteiger charge is 2.16. The van der Waals surface area contributed by atoms with Crippen LogP contribution in [0.2, 0.25) is 5.02 Å². The second-order valence-electron chi connectivity index (χ2n) is 4.93. The van der Waals surface area contributed by atoms with E-state index in [-0.39, 0.29) is 5.84 Å². The minimum Gasteiger partial charge on any atom is -0.383 e. The van der Waals surface area contributed by atoms with E-state index in [4.69, 9.17) is 27.7 Å². The number of rotatable bonds is 4.